The van der Waals surface area contributed by atoms with Crippen molar-refractivity contribution in [2.45, 2.75) is 0 Å². The molecular formula is C44H22N4S. The lowest BCUT2D eigenvalue weighted by molar-refractivity contribution is 1.19. The quantitative estimate of drug-likeness (QED) is 0.180. The van der Waals surface area contributed by atoms with Crippen LogP contribution >= 0.6 is 11.3 Å². The second kappa shape index (κ2) is 9.46. The molecule has 5 heteroatoms. The lowest BCUT2D eigenvalue weighted by Crippen LogP contribution is -1.97. The fraction of sp³-hybridized carbons (Fsp3) is 0. The summed E-state index contributed by atoms with van der Waals surface area (Å²) in [5, 5.41) is 27.7. The van der Waals surface area contributed by atoms with Crippen molar-refractivity contribution in [1.82, 2.24) is 9.13 Å². The van der Waals surface area contributed by atoms with Crippen molar-refractivity contribution in [1.29, 1.82) is 10.5 Å². The van der Waals surface area contributed by atoms with Crippen molar-refractivity contribution in [2.24, 2.45) is 0 Å². The maximum Gasteiger partial charge on any atom is 0.0998 e. The van der Waals surface area contributed by atoms with Gasteiger partial charge >= 0.3 is 0 Å². The van der Waals surface area contributed by atoms with Gasteiger partial charge in [-0.1, -0.05) is 72.8 Å². The Balaban J connectivity index is 1.34. The normalized spacial score (nSPS) is 12.0. The minimum Gasteiger partial charge on any atom is -0.308 e. The van der Waals surface area contributed by atoms with Crippen molar-refractivity contribution >= 4 is 75.1 Å². The summed E-state index contributed by atoms with van der Waals surface area (Å²) in [5.41, 5.74) is 11.8. The van der Waals surface area contributed by atoms with Crippen LogP contribution in [0.5, 0.6) is 0 Å². The van der Waals surface area contributed by atoms with Gasteiger partial charge in [0, 0.05) is 53.8 Å². The Kier molecular flexibility index (Phi) is 5.10. The molecule has 0 radical (unpaired) electrons. The fourth-order valence-electron chi connectivity index (χ4n) is 8.32. The number of aromatic nitrogens is 2. The van der Waals surface area contributed by atoms with Crippen molar-refractivity contribution in [3.8, 4) is 45.8 Å². The molecule has 0 saturated carbocycles. The molecule has 0 fully saturated rings. The molecule has 0 spiro atoms. The zero-order valence-electron chi connectivity index (χ0n) is 25.9. The summed E-state index contributed by atoms with van der Waals surface area (Å²) in [5.74, 6) is 0. The van der Waals surface area contributed by atoms with E-state index in [9.17, 15) is 10.5 Å². The molecule has 0 atom stereocenters. The van der Waals surface area contributed by atoms with Crippen LogP contribution in [0.4, 0.5) is 0 Å². The molecule has 7 aromatic carbocycles. The Hall–Kier alpha value is -6.66. The molecule has 0 bridgehead atoms. The summed E-state index contributed by atoms with van der Waals surface area (Å²) in [6.45, 7) is 0. The molecule has 0 amide bonds. The molecule has 224 valence electrons. The molecule has 11 rings (SSSR count). The number of fused-ring (bicyclic) bond motifs is 15. The van der Waals surface area contributed by atoms with E-state index in [2.05, 4.69) is 124 Å². The summed E-state index contributed by atoms with van der Waals surface area (Å²) < 4.78 is 7.09. The molecule has 0 saturated heterocycles. The van der Waals surface area contributed by atoms with E-state index in [1.165, 1.54) is 36.6 Å². The number of benzene rings is 7. The van der Waals surface area contributed by atoms with Gasteiger partial charge in [-0.3, -0.25) is 0 Å². The molecule has 0 N–H and O–H groups in total. The Morgan fingerprint density at radius 3 is 2.02 bits per heavy atom. The number of nitrogens with zero attached hydrogens (tertiary/aromatic N) is 4. The minimum absolute atomic E-state index is 0.619. The third-order valence-corrected chi connectivity index (χ3v) is 11.5. The van der Waals surface area contributed by atoms with Gasteiger partial charge in [0.1, 0.15) is 0 Å². The zero-order valence-corrected chi connectivity index (χ0v) is 26.7. The molecule has 10 aromatic rings. The van der Waals surface area contributed by atoms with E-state index in [1.54, 1.807) is 0 Å². The van der Waals surface area contributed by atoms with E-state index in [1.807, 2.05) is 41.7 Å². The molecule has 49 heavy (non-hydrogen) atoms. The maximum atomic E-state index is 10.5. The van der Waals surface area contributed by atoms with E-state index in [0.717, 1.165) is 60.8 Å². The van der Waals surface area contributed by atoms with E-state index in [0.29, 0.717) is 11.1 Å². The first-order valence-electron chi connectivity index (χ1n) is 16.2. The van der Waals surface area contributed by atoms with Gasteiger partial charge in [-0.05, 0) is 71.8 Å². The SMILES string of the molecule is N#Cc1cc2c3c(c1)c1ccccc1n3-c1cccc(C#N)c1-c1cc3c(cc1-2)sc1c3ccc2c3ccccc3n(-c3ccccc3)c21. The Morgan fingerprint density at radius 2 is 1.22 bits per heavy atom. The van der Waals surface area contributed by atoms with Crippen LogP contribution in [0.2, 0.25) is 0 Å². The smallest absolute Gasteiger partial charge is 0.0998 e. The molecule has 1 aliphatic heterocycles. The topological polar surface area (TPSA) is 57.4 Å². The highest BCUT2D eigenvalue weighted by atomic mass is 32.1. The highest BCUT2D eigenvalue weighted by Crippen LogP contribution is 2.51. The predicted molar refractivity (Wildman–Crippen MR) is 202 cm³/mol. The number of hydrogen-bond donors (Lipinski definition) is 0. The molecule has 3 aromatic heterocycles. The van der Waals surface area contributed by atoms with Gasteiger partial charge in [0.15, 0.2) is 0 Å². The Labute approximate surface area is 284 Å². The number of nitriles is 2. The highest BCUT2D eigenvalue weighted by molar-refractivity contribution is 7.26. The van der Waals surface area contributed by atoms with Gasteiger partial charge in [-0.2, -0.15) is 10.5 Å². The second-order valence-electron chi connectivity index (χ2n) is 12.7. The first-order valence-corrected chi connectivity index (χ1v) is 17.0. The van der Waals surface area contributed by atoms with Crippen LogP contribution in [0.1, 0.15) is 11.1 Å². The Bertz CT molecular complexity index is 3180. The van der Waals surface area contributed by atoms with Gasteiger partial charge < -0.3 is 9.13 Å². The molecular weight excluding hydrogens is 617 g/mol. The minimum atomic E-state index is 0.619. The Morgan fingerprint density at radius 1 is 0.490 bits per heavy atom. The standard InChI is InChI=1S/C44H22N4S/c45-23-25-19-35-29-13-5-7-15-38(29)48-39-16-8-9-26(24-46)41(39)34-21-33-31-18-17-30-28-12-4-6-14-37(28)47(27-10-2-1-3-11-27)43(30)44(31)49-40(33)22-32(34)36(20-25)42(35)48/h1-22H. The monoisotopic (exact) mass is 638 g/mol. The summed E-state index contributed by atoms with van der Waals surface area (Å²) in [7, 11) is 0. The van der Waals surface area contributed by atoms with Gasteiger partial charge in [-0.25, -0.2) is 0 Å². The number of rotatable bonds is 1. The van der Waals surface area contributed by atoms with Crippen LogP contribution < -0.4 is 0 Å². The average Bonchev–Trinajstić information content (AvgIpc) is 3.78. The predicted octanol–water partition coefficient (Wildman–Crippen LogP) is 11.6. The van der Waals surface area contributed by atoms with Gasteiger partial charge in [0.25, 0.3) is 0 Å². The number of hydrogen-bond acceptors (Lipinski definition) is 3. The van der Waals surface area contributed by atoms with Crippen LogP contribution in [-0.2, 0) is 0 Å². The van der Waals surface area contributed by atoms with Gasteiger partial charge in [-0.15, -0.1) is 11.3 Å². The van der Waals surface area contributed by atoms with Gasteiger partial charge in [0.2, 0.25) is 0 Å². The van der Waals surface area contributed by atoms with E-state index >= 15 is 0 Å². The first-order chi connectivity index (χ1) is 24.2. The van der Waals surface area contributed by atoms with Crippen molar-refractivity contribution in [3.63, 3.8) is 0 Å². The van der Waals surface area contributed by atoms with Crippen LogP contribution in [0.25, 0.3) is 97.4 Å². The van der Waals surface area contributed by atoms with E-state index in [-0.39, 0.29) is 0 Å². The van der Waals surface area contributed by atoms with Crippen LogP contribution in [0.15, 0.2) is 133 Å². The van der Waals surface area contributed by atoms with Gasteiger partial charge in [0.05, 0.1) is 55.7 Å². The number of thiophene rings is 1. The van der Waals surface area contributed by atoms with Crippen LogP contribution in [0.3, 0.4) is 0 Å². The average molecular weight is 639 g/mol. The molecule has 4 nitrogen and oxygen atoms in total. The molecule has 1 aliphatic rings. The summed E-state index contributed by atoms with van der Waals surface area (Å²) in [4.78, 5) is 0. The summed E-state index contributed by atoms with van der Waals surface area (Å²) in [6, 6.07) is 51.7. The molecule has 0 aliphatic carbocycles. The van der Waals surface area contributed by atoms with Crippen molar-refractivity contribution in [2.75, 3.05) is 0 Å². The van der Waals surface area contributed by atoms with Crippen LogP contribution in [0, 0.1) is 22.7 Å². The van der Waals surface area contributed by atoms with Crippen molar-refractivity contribution in [3.05, 3.63) is 145 Å². The zero-order chi connectivity index (χ0) is 32.4. The van der Waals surface area contributed by atoms with E-state index < -0.39 is 0 Å². The number of para-hydroxylation sites is 3. The third kappa shape index (κ3) is 3.34. The first kappa shape index (κ1) is 26.4. The van der Waals surface area contributed by atoms with Crippen molar-refractivity contribution < 1.29 is 0 Å². The summed E-state index contributed by atoms with van der Waals surface area (Å²) in [6.07, 6.45) is 0. The largest absolute Gasteiger partial charge is 0.308 e. The van der Waals surface area contributed by atoms with Crippen LogP contribution in [-0.4, -0.2) is 9.13 Å². The molecule has 4 heterocycles. The maximum absolute atomic E-state index is 10.5. The second-order valence-corrected chi connectivity index (χ2v) is 13.8. The summed E-state index contributed by atoms with van der Waals surface area (Å²) >= 11 is 1.81. The third-order valence-electron chi connectivity index (χ3n) is 10.3. The lowest BCUT2D eigenvalue weighted by Gasteiger charge is -2.14. The molecule has 0 unspecified atom stereocenters. The van der Waals surface area contributed by atoms with E-state index in [4.69, 9.17) is 0 Å². The fourth-order valence-corrected chi connectivity index (χ4v) is 9.58. The lowest BCUT2D eigenvalue weighted by atomic mass is 9.89. The highest BCUT2D eigenvalue weighted by Gasteiger charge is 2.28.